The second kappa shape index (κ2) is 6.64. The first kappa shape index (κ1) is 13.2. The second-order valence-corrected chi connectivity index (χ2v) is 6.66. The minimum Gasteiger partial charge on any atom is -0.354 e. The molecule has 2 heterocycles. The molecule has 1 amide bonds. The summed E-state index contributed by atoms with van der Waals surface area (Å²) in [6, 6.07) is 0.0525. The van der Waals surface area contributed by atoms with E-state index < -0.39 is 0 Å². The molecule has 2 atom stereocenters. The standard InChI is InChI=1S/C13H24N2OS/c1-10-2-5-14-12(8-10)13(16)15-9-11-3-6-17-7-4-11/h10-12,14H,2-9H2,1H3,(H,15,16). The first-order valence-corrected chi connectivity index (χ1v) is 8.00. The van der Waals surface area contributed by atoms with E-state index >= 15 is 0 Å². The highest BCUT2D eigenvalue weighted by molar-refractivity contribution is 7.99. The highest BCUT2D eigenvalue weighted by Gasteiger charge is 2.25. The van der Waals surface area contributed by atoms with Crippen LogP contribution in [0.2, 0.25) is 0 Å². The molecule has 2 fully saturated rings. The smallest absolute Gasteiger partial charge is 0.237 e. The van der Waals surface area contributed by atoms with Crippen LogP contribution >= 0.6 is 11.8 Å². The summed E-state index contributed by atoms with van der Waals surface area (Å²) in [5, 5.41) is 6.45. The fourth-order valence-corrected chi connectivity index (χ4v) is 3.83. The molecule has 2 N–H and O–H groups in total. The molecule has 0 aliphatic carbocycles. The van der Waals surface area contributed by atoms with Gasteiger partial charge >= 0.3 is 0 Å². The third kappa shape index (κ3) is 4.18. The van der Waals surface area contributed by atoms with E-state index in [2.05, 4.69) is 17.6 Å². The average molecular weight is 256 g/mol. The Morgan fingerprint density at radius 2 is 2.12 bits per heavy atom. The van der Waals surface area contributed by atoms with Gasteiger partial charge in [-0.15, -0.1) is 0 Å². The van der Waals surface area contributed by atoms with E-state index in [1.54, 1.807) is 0 Å². The lowest BCUT2D eigenvalue weighted by atomic mass is 9.93. The molecule has 2 aliphatic heterocycles. The van der Waals surface area contributed by atoms with E-state index in [-0.39, 0.29) is 11.9 Å². The van der Waals surface area contributed by atoms with Crippen molar-refractivity contribution in [3.05, 3.63) is 0 Å². The molecule has 2 rings (SSSR count). The number of thioether (sulfide) groups is 1. The lowest BCUT2D eigenvalue weighted by molar-refractivity contribution is -0.124. The first-order chi connectivity index (χ1) is 8.25. The van der Waals surface area contributed by atoms with Crippen molar-refractivity contribution < 1.29 is 4.79 Å². The zero-order chi connectivity index (χ0) is 12.1. The predicted molar refractivity (Wildman–Crippen MR) is 73.2 cm³/mol. The summed E-state index contributed by atoms with van der Waals surface area (Å²) in [6.07, 6.45) is 4.72. The van der Waals surface area contributed by atoms with Gasteiger partial charge in [0.25, 0.3) is 0 Å². The third-order valence-corrected chi connectivity index (χ3v) is 4.94. The maximum Gasteiger partial charge on any atom is 0.237 e. The van der Waals surface area contributed by atoms with Crippen LogP contribution < -0.4 is 10.6 Å². The fourth-order valence-electron chi connectivity index (χ4n) is 2.63. The Labute approximate surface area is 108 Å². The Balaban J connectivity index is 1.69. The van der Waals surface area contributed by atoms with E-state index in [1.807, 2.05) is 11.8 Å². The normalized spacial score (nSPS) is 31.1. The molecule has 0 aromatic carbocycles. The highest BCUT2D eigenvalue weighted by atomic mass is 32.2. The minimum atomic E-state index is 0.0525. The lowest BCUT2D eigenvalue weighted by Gasteiger charge is -2.28. The summed E-state index contributed by atoms with van der Waals surface area (Å²) in [5.41, 5.74) is 0. The zero-order valence-corrected chi connectivity index (χ0v) is 11.5. The molecular formula is C13H24N2OS. The molecule has 0 radical (unpaired) electrons. The van der Waals surface area contributed by atoms with Crippen molar-refractivity contribution in [1.29, 1.82) is 0 Å². The van der Waals surface area contributed by atoms with Gasteiger partial charge in [-0.1, -0.05) is 6.92 Å². The van der Waals surface area contributed by atoms with Gasteiger partial charge in [-0.2, -0.15) is 11.8 Å². The number of rotatable bonds is 3. The van der Waals surface area contributed by atoms with E-state index in [0.29, 0.717) is 11.8 Å². The first-order valence-electron chi connectivity index (χ1n) is 6.84. The van der Waals surface area contributed by atoms with Gasteiger partial charge in [-0.25, -0.2) is 0 Å². The summed E-state index contributed by atoms with van der Waals surface area (Å²) in [6.45, 7) is 4.10. The van der Waals surface area contributed by atoms with Crippen molar-refractivity contribution >= 4 is 17.7 Å². The van der Waals surface area contributed by atoms with Gasteiger partial charge in [-0.05, 0) is 55.6 Å². The van der Waals surface area contributed by atoms with Crippen molar-refractivity contribution in [2.24, 2.45) is 11.8 Å². The molecule has 0 aromatic heterocycles. The second-order valence-electron chi connectivity index (χ2n) is 5.44. The molecule has 3 nitrogen and oxygen atoms in total. The van der Waals surface area contributed by atoms with Crippen LogP contribution in [-0.4, -0.2) is 36.5 Å². The molecule has 0 saturated carbocycles. The van der Waals surface area contributed by atoms with Crippen LogP contribution in [0.3, 0.4) is 0 Å². The van der Waals surface area contributed by atoms with E-state index in [1.165, 1.54) is 30.8 Å². The molecule has 0 bridgehead atoms. The Kier molecular flexibility index (Phi) is 5.16. The Morgan fingerprint density at radius 3 is 2.82 bits per heavy atom. The van der Waals surface area contributed by atoms with Crippen LogP contribution in [0.5, 0.6) is 0 Å². The maximum atomic E-state index is 12.0. The molecule has 0 spiro atoms. The van der Waals surface area contributed by atoms with Crippen LogP contribution in [0.25, 0.3) is 0 Å². The third-order valence-electron chi connectivity index (χ3n) is 3.89. The number of hydrogen-bond acceptors (Lipinski definition) is 3. The molecule has 4 heteroatoms. The highest BCUT2D eigenvalue weighted by Crippen LogP contribution is 2.22. The van der Waals surface area contributed by atoms with Crippen LogP contribution in [0.1, 0.15) is 32.6 Å². The van der Waals surface area contributed by atoms with E-state index in [4.69, 9.17) is 0 Å². The van der Waals surface area contributed by atoms with E-state index in [0.717, 1.165) is 19.5 Å². The summed E-state index contributed by atoms with van der Waals surface area (Å²) in [7, 11) is 0. The largest absolute Gasteiger partial charge is 0.354 e. The molecular weight excluding hydrogens is 232 g/mol. The molecule has 2 unspecified atom stereocenters. The van der Waals surface area contributed by atoms with Gasteiger partial charge in [-0.3, -0.25) is 4.79 Å². The summed E-state index contributed by atoms with van der Waals surface area (Å²) in [4.78, 5) is 12.0. The Bertz CT molecular complexity index is 254. The van der Waals surface area contributed by atoms with Gasteiger partial charge in [0.2, 0.25) is 5.91 Å². The van der Waals surface area contributed by atoms with Crippen LogP contribution in [0, 0.1) is 11.8 Å². The number of carbonyl (C=O) groups is 1. The topological polar surface area (TPSA) is 41.1 Å². The van der Waals surface area contributed by atoms with Crippen molar-refractivity contribution in [3.8, 4) is 0 Å². The van der Waals surface area contributed by atoms with Gasteiger partial charge in [0.15, 0.2) is 0 Å². The quantitative estimate of drug-likeness (QED) is 0.806. The number of nitrogens with one attached hydrogen (secondary N) is 2. The van der Waals surface area contributed by atoms with Crippen molar-refractivity contribution in [2.45, 2.75) is 38.6 Å². The zero-order valence-electron chi connectivity index (χ0n) is 10.7. The number of carbonyl (C=O) groups excluding carboxylic acids is 1. The monoisotopic (exact) mass is 256 g/mol. The van der Waals surface area contributed by atoms with Crippen molar-refractivity contribution in [1.82, 2.24) is 10.6 Å². The lowest BCUT2D eigenvalue weighted by Crippen LogP contribution is -2.49. The molecule has 98 valence electrons. The van der Waals surface area contributed by atoms with E-state index in [9.17, 15) is 4.79 Å². The minimum absolute atomic E-state index is 0.0525. The van der Waals surface area contributed by atoms with Gasteiger partial charge in [0.1, 0.15) is 0 Å². The van der Waals surface area contributed by atoms with Crippen molar-refractivity contribution in [3.63, 3.8) is 0 Å². The fraction of sp³-hybridized carbons (Fsp3) is 0.923. The van der Waals surface area contributed by atoms with Crippen molar-refractivity contribution in [2.75, 3.05) is 24.6 Å². The molecule has 2 aliphatic rings. The van der Waals surface area contributed by atoms with Crippen LogP contribution in [-0.2, 0) is 4.79 Å². The Morgan fingerprint density at radius 1 is 1.35 bits per heavy atom. The van der Waals surface area contributed by atoms with Gasteiger partial charge in [0, 0.05) is 6.54 Å². The average Bonchev–Trinajstić information content (AvgIpc) is 2.37. The number of amides is 1. The van der Waals surface area contributed by atoms with Crippen LogP contribution in [0.15, 0.2) is 0 Å². The SMILES string of the molecule is CC1CCNC(C(=O)NCC2CCSCC2)C1. The van der Waals surface area contributed by atoms with Gasteiger partial charge < -0.3 is 10.6 Å². The number of hydrogen-bond donors (Lipinski definition) is 2. The number of piperidine rings is 1. The van der Waals surface area contributed by atoms with Crippen LogP contribution in [0.4, 0.5) is 0 Å². The summed E-state index contributed by atoms with van der Waals surface area (Å²) < 4.78 is 0. The summed E-state index contributed by atoms with van der Waals surface area (Å²) in [5.74, 6) is 4.13. The predicted octanol–water partition coefficient (Wildman–Crippen LogP) is 1.63. The maximum absolute atomic E-state index is 12.0. The molecule has 2 saturated heterocycles. The molecule has 0 aromatic rings. The summed E-state index contributed by atoms with van der Waals surface area (Å²) >= 11 is 2.04. The Hall–Kier alpha value is -0.220. The van der Waals surface area contributed by atoms with Gasteiger partial charge in [0.05, 0.1) is 6.04 Å². The molecule has 17 heavy (non-hydrogen) atoms.